The van der Waals surface area contributed by atoms with E-state index in [9.17, 15) is 4.79 Å². The molecule has 0 fully saturated rings. The monoisotopic (exact) mass is 252 g/mol. The van der Waals surface area contributed by atoms with Crippen molar-refractivity contribution in [2.45, 2.75) is 26.4 Å². The largest absolute Gasteiger partial charge is 0.481 e. The molecule has 18 heavy (non-hydrogen) atoms. The predicted molar refractivity (Wildman–Crippen MR) is 68.4 cm³/mol. The molecule has 0 unspecified atom stereocenters. The normalized spacial score (nSPS) is 10.8. The molecule has 0 atom stereocenters. The van der Waals surface area contributed by atoms with E-state index in [2.05, 4.69) is 4.98 Å². The fraction of sp³-hybridized carbons (Fsp3) is 0.538. The molecular weight excluding hydrogens is 232 g/mol. The fourth-order valence-corrected chi connectivity index (χ4v) is 1.60. The number of aromatic nitrogens is 1. The molecule has 1 aromatic rings. The third-order valence-electron chi connectivity index (χ3n) is 2.71. The highest BCUT2D eigenvalue weighted by atomic mass is 16.5. The third-order valence-corrected chi connectivity index (χ3v) is 2.71. The van der Waals surface area contributed by atoms with Gasteiger partial charge < -0.3 is 9.47 Å². The van der Waals surface area contributed by atoms with E-state index < -0.39 is 0 Å². The van der Waals surface area contributed by atoms with Gasteiger partial charge in [-0.1, -0.05) is 6.07 Å². The molecule has 0 saturated carbocycles. The summed E-state index contributed by atoms with van der Waals surface area (Å²) in [6.07, 6.45) is 1.68. The molecule has 5 heteroatoms. The first kappa shape index (κ1) is 14.4. The van der Waals surface area contributed by atoms with E-state index in [-0.39, 0.29) is 18.6 Å². The molecule has 0 spiro atoms. The van der Waals surface area contributed by atoms with E-state index in [1.165, 1.54) is 7.11 Å². The molecule has 0 amide bonds. The van der Waals surface area contributed by atoms with Crippen molar-refractivity contribution in [2.24, 2.45) is 0 Å². The minimum Gasteiger partial charge on any atom is -0.481 e. The van der Waals surface area contributed by atoms with Crippen LogP contribution in [0.2, 0.25) is 0 Å². The van der Waals surface area contributed by atoms with Crippen LogP contribution in [-0.4, -0.2) is 42.7 Å². The van der Waals surface area contributed by atoms with E-state index in [0.29, 0.717) is 12.4 Å². The van der Waals surface area contributed by atoms with E-state index >= 15 is 0 Å². The number of pyridine rings is 1. The van der Waals surface area contributed by atoms with Crippen molar-refractivity contribution in [3.05, 3.63) is 23.9 Å². The van der Waals surface area contributed by atoms with Gasteiger partial charge in [0, 0.05) is 24.3 Å². The first-order valence-corrected chi connectivity index (χ1v) is 5.87. The Kier molecular flexibility index (Phi) is 5.58. The molecule has 0 aliphatic heterocycles. The Balaban J connectivity index is 2.79. The number of carbonyl (C=O) groups excluding carboxylic acids is 1. The summed E-state index contributed by atoms with van der Waals surface area (Å²) in [6.45, 7) is 4.92. The van der Waals surface area contributed by atoms with Crippen molar-refractivity contribution in [3.63, 3.8) is 0 Å². The molecule has 0 aliphatic carbocycles. The molecule has 0 bridgehead atoms. The standard InChI is InChI=1S/C13H20N2O3/c1-10(2)15(9-12(16)17-3)8-11-6-5-7-14-13(11)18-4/h5-7,10H,8-9H2,1-4H3. The van der Waals surface area contributed by atoms with Crippen LogP contribution < -0.4 is 4.74 Å². The average Bonchev–Trinajstić information content (AvgIpc) is 2.38. The van der Waals surface area contributed by atoms with Gasteiger partial charge in [-0.3, -0.25) is 9.69 Å². The number of hydrogen-bond acceptors (Lipinski definition) is 5. The first-order chi connectivity index (χ1) is 8.58. The van der Waals surface area contributed by atoms with Crippen molar-refractivity contribution in [3.8, 4) is 5.88 Å². The van der Waals surface area contributed by atoms with E-state index in [1.54, 1.807) is 13.3 Å². The van der Waals surface area contributed by atoms with Gasteiger partial charge in [0.25, 0.3) is 0 Å². The summed E-state index contributed by atoms with van der Waals surface area (Å²) in [5.74, 6) is 0.347. The van der Waals surface area contributed by atoms with Crippen molar-refractivity contribution < 1.29 is 14.3 Å². The van der Waals surface area contributed by atoms with Gasteiger partial charge in [-0.15, -0.1) is 0 Å². The Labute approximate surface area is 108 Å². The van der Waals surface area contributed by atoms with Crippen LogP contribution in [0.5, 0.6) is 5.88 Å². The highest BCUT2D eigenvalue weighted by Gasteiger charge is 2.16. The average molecular weight is 252 g/mol. The number of methoxy groups -OCH3 is 2. The summed E-state index contributed by atoms with van der Waals surface area (Å²) in [7, 11) is 2.98. The van der Waals surface area contributed by atoms with Gasteiger partial charge in [0.2, 0.25) is 5.88 Å². The topological polar surface area (TPSA) is 51.7 Å². The van der Waals surface area contributed by atoms with Crippen LogP contribution in [0, 0.1) is 0 Å². The maximum Gasteiger partial charge on any atom is 0.319 e. The second-order valence-electron chi connectivity index (χ2n) is 4.25. The summed E-state index contributed by atoms with van der Waals surface area (Å²) in [5, 5.41) is 0. The molecule has 0 saturated heterocycles. The summed E-state index contributed by atoms with van der Waals surface area (Å²) >= 11 is 0. The zero-order chi connectivity index (χ0) is 13.5. The Bertz CT molecular complexity index is 394. The smallest absolute Gasteiger partial charge is 0.319 e. The second kappa shape index (κ2) is 6.96. The van der Waals surface area contributed by atoms with Crippen LogP contribution in [0.1, 0.15) is 19.4 Å². The van der Waals surface area contributed by atoms with Gasteiger partial charge in [0.1, 0.15) is 0 Å². The highest BCUT2D eigenvalue weighted by molar-refractivity contribution is 5.71. The van der Waals surface area contributed by atoms with Crippen molar-refractivity contribution in [1.82, 2.24) is 9.88 Å². The van der Waals surface area contributed by atoms with Gasteiger partial charge in [0.05, 0.1) is 20.8 Å². The number of hydrogen-bond donors (Lipinski definition) is 0. The first-order valence-electron chi connectivity index (χ1n) is 5.87. The van der Waals surface area contributed by atoms with Crippen LogP contribution in [0.15, 0.2) is 18.3 Å². The summed E-state index contributed by atoms with van der Waals surface area (Å²) in [4.78, 5) is 17.5. The van der Waals surface area contributed by atoms with Gasteiger partial charge in [0.15, 0.2) is 0 Å². The van der Waals surface area contributed by atoms with Gasteiger partial charge in [-0.25, -0.2) is 4.98 Å². The van der Waals surface area contributed by atoms with Crippen molar-refractivity contribution >= 4 is 5.97 Å². The van der Waals surface area contributed by atoms with Crippen LogP contribution >= 0.6 is 0 Å². The molecule has 0 radical (unpaired) electrons. The lowest BCUT2D eigenvalue weighted by molar-refractivity contribution is -0.142. The van der Waals surface area contributed by atoms with Gasteiger partial charge in [-0.2, -0.15) is 0 Å². The molecule has 0 N–H and O–H groups in total. The van der Waals surface area contributed by atoms with Crippen molar-refractivity contribution in [1.29, 1.82) is 0 Å². The summed E-state index contributed by atoms with van der Waals surface area (Å²) < 4.78 is 9.90. The Hall–Kier alpha value is -1.62. The maximum atomic E-state index is 11.4. The number of rotatable bonds is 6. The molecule has 5 nitrogen and oxygen atoms in total. The third kappa shape index (κ3) is 4.00. The Morgan fingerprint density at radius 2 is 2.17 bits per heavy atom. The molecule has 0 aliphatic rings. The molecule has 1 rings (SSSR count). The number of carbonyl (C=O) groups is 1. The highest BCUT2D eigenvalue weighted by Crippen LogP contribution is 2.17. The lowest BCUT2D eigenvalue weighted by Gasteiger charge is -2.25. The van der Waals surface area contributed by atoms with E-state index in [0.717, 1.165) is 5.56 Å². The second-order valence-corrected chi connectivity index (χ2v) is 4.25. The van der Waals surface area contributed by atoms with E-state index in [4.69, 9.17) is 9.47 Å². The number of esters is 1. The predicted octanol–water partition coefficient (Wildman–Crippen LogP) is 1.47. The van der Waals surface area contributed by atoms with Gasteiger partial charge in [-0.05, 0) is 19.9 Å². The SMILES string of the molecule is COC(=O)CN(Cc1cccnc1OC)C(C)C. The Morgan fingerprint density at radius 3 is 2.72 bits per heavy atom. The van der Waals surface area contributed by atoms with E-state index in [1.807, 2.05) is 30.9 Å². The van der Waals surface area contributed by atoms with Crippen molar-refractivity contribution in [2.75, 3.05) is 20.8 Å². The molecular formula is C13H20N2O3. The zero-order valence-corrected chi connectivity index (χ0v) is 11.3. The lowest BCUT2D eigenvalue weighted by atomic mass is 10.2. The quantitative estimate of drug-likeness (QED) is 0.718. The van der Waals surface area contributed by atoms with Crippen LogP contribution in [0.25, 0.3) is 0 Å². The van der Waals surface area contributed by atoms with Crippen LogP contribution in [0.3, 0.4) is 0 Å². The molecule has 100 valence electrons. The molecule has 0 aromatic carbocycles. The lowest BCUT2D eigenvalue weighted by Crippen LogP contribution is -2.35. The zero-order valence-electron chi connectivity index (χ0n) is 11.3. The summed E-state index contributed by atoms with van der Waals surface area (Å²) in [5.41, 5.74) is 0.956. The number of ether oxygens (including phenoxy) is 2. The number of nitrogens with zero attached hydrogens (tertiary/aromatic N) is 2. The minimum atomic E-state index is -0.244. The maximum absolute atomic E-state index is 11.4. The molecule has 1 heterocycles. The fourth-order valence-electron chi connectivity index (χ4n) is 1.60. The van der Waals surface area contributed by atoms with Crippen LogP contribution in [0.4, 0.5) is 0 Å². The molecule has 1 aromatic heterocycles. The summed E-state index contributed by atoms with van der Waals surface area (Å²) in [6, 6.07) is 4.03. The van der Waals surface area contributed by atoms with Crippen LogP contribution in [-0.2, 0) is 16.1 Å². The van der Waals surface area contributed by atoms with Gasteiger partial charge >= 0.3 is 5.97 Å². The minimum absolute atomic E-state index is 0.231. The Morgan fingerprint density at radius 1 is 1.44 bits per heavy atom.